The normalized spacial score (nSPS) is 10.2. The van der Waals surface area contributed by atoms with Crippen molar-refractivity contribution in [3.63, 3.8) is 0 Å². The number of carboxylic acid groups (broad SMARTS) is 1. The number of carboxylic acids is 1. The molecule has 2 aromatic rings. The molecule has 0 unspecified atom stereocenters. The summed E-state index contributed by atoms with van der Waals surface area (Å²) in [4.78, 5) is 28.9. The molecule has 0 aliphatic heterocycles. The lowest BCUT2D eigenvalue weighted by molar-refractivity contribution is 0.0686. The molecule has 0 aliphatic rings. The molecule has 0 spiro atoms. The lowest BCUT2D eigenvalue weighted by Gasteiger charge is -2.06. The van der Waals surface area contributed by atoms with Crippen molar-refractivity contribution in [2.75, 3.05) is 5.32 Å². The van der Waals surface area contributed by atoms with Crippen LogP contribution >= 0.6 is 15.9 Å². The molecule has 0 saturated carbocycles. The minimum Gasteiger partial charge on any atom is -0.477 e. The van der Waals surface area contributed by atoms with Crippen molar-refractivity contribution in [2.45, 2.75) is 6.92 Å². The van der Waals surface area contributed by atoms with Gasteiger partial charge in [-0.2, -0.15) is 0 Å². The molecule has 0 saturated heterocycles. The van der Waals surface area contributed by atoms with Crippen molar-refractivity contribution in [3.05, 3.63) is 46.0 Å². The van der Waals surface area contributed by atoms with Gasteiger partial charge in [-0.05, 0) is 30.7 Å². The van der Waals surface area contributed by atoms with Gasteiger partial charge in [0.15, 0.2) is 11.4 Å². The molecular formula is C12H10BrN3O3. The highest BCUT2D eigenvalue weighted by Gasteiger charge is 2.19. The topological polar surface area (TPSA) is 95.1 Å². The van der Waals surface area contributed by atoms with E-state index >= 15 is 0 Å². The third-order valence-corrected chi connectivity index (χ3v) is 3.37. The minimum atomic E-state index is -1.23. The number of anilines is 1. The predicted octanol–water partition coefficient (Wildman–Crippen LogP) is 2.43. The van der Waals surface area contributed by atoms with Crippen LogP contribution in [0.15, 0.2) is 29.0 Å². The highest BCUT2D eigenvalue weighted by Crippen LogP contribution is 2.20. The molecule has 98 valence electrons. The first-order valence-corrected chi connectivity index (χ1v) is 6.12. The van der Waals surface area contributed by atoms with Crippen LogP contribution in [0.5, 0.6) is 0 Å². The van der Waals surface area contributed by atoms with Crippen LogP contribution in [0.3, 0.4) is 0 Å². The smallest absolute Gasteiger partial charge is 0.354 e. The Morgan fingerprint density at radius 2 is 2.16 bits per heavy atom. The number of imidazole rings is 1. The lowest BCUT2D eigenvalue weighted by Crippen LogP contribution is -2.16. The van der Waals surface area contributed by atoms with Gasteiger partial charge >= 0.3 is 5.97 Å². The van der Waals surface area contributed by atoms with E-state index in [9.17, 15) is 9.59 Å². The van der Waals surface area contributed by atoms with Crippen molar-refractivity contribution in [2.24, 2.45) is 0 Å². The van der Waals surface area contributed by atoms with E-state index in [1.807, 2.05) is 6.92 Å². The fraction of sp³-hybridized carbons (Fsp3) is 0.0833. The number of halogens is 1. The van der Waals surface area contributed by atoms with Crippen LogP contribution in [0.1, 0.15) is 26.5 Å². The second kappa shape index (κ2) is 5.23. The van der Waals surface area contributed by atoms with Gasteiger partial charge in [0.05, 0.1) is 6.33 Å². The minimum absolute atomic E-state index is 0.145. The van der Waals surface area contributed by atoms with Gasteiger partial charge in [-0.1, -0.05) is 15.9 Å². The lowest BCUT2D eigenvalue weighted by atomic mass is 10.2. The number of benzene rings is 1. The van der Waals surface area contributed by atoms with Crippen molar-refractivity contribution in [1.82, 2.24) is 9.97 Å². The number of hydrogen-bond donors (Lipinski definition) is 3. The number of aromatic carboxylic acids is 1. The Morgan fingerprint density at radius 1 is 1.42 bits per heavy atom. The van der Waals surface area contributed by atoms with Crippen LogP contribution in [0, 0.1) is 6.92 Å². The Balaban J connectivity index is 2.23. The number of rotatable bonds is 3. The first-order chi connectivity index (χ1) is 8.99. The van der Waals surface area contributed by atoms with E-state index in [4.69, 9.17) is 5.11 Å². The summed E-state index contributed by atoms with van der Waals surface area (Å²) in [6.45, 7) is 1.89. The fourth-order valence-corrected chi connectivity index (χ4v) is 1.79. The van der Waals surface area contributed by atoms with Gasteiger partial charge in [0.25, 0.3) is 5.91 Å². The van der Waals surface area contributed by atoms with Crippen LogP contribution in [0.4, 0.5) is 5.69 Å². The first-order valence-electron chi connectivity index (χ1n) is 5.33. The standard InChI is InChI=1S/C12H10BrN3O3/c1-6-4-7(2-3-8(6)13)16-11(17)9-10(12(18)19)15-5-14-9/h2-5H,1H3,(H,14,15)(H,16,17)(H,18,19). The molecule has 19 heavy (non-hydrogen) atoms. The van der Waals surface area contributed by atoms with Crippen molar-refractivity contribution < 1.29 is 14.7 Å². The van der Waals surface area contributed by atoms with Crippen LogP contribution in [0.2, 0.25) is 0 Å². The van der Waals surface area contributed by atoms with Crippen LogP contribution in [0.25, 0.3) is 0 Å². The van der Waals surface area contributed by atoms with Gasteiger partial charge in [-0.25, -0.2) is 9.78 Å². The summed E-state index contributed by atoms with van der Waals surface area (Å²) in [6.07, 6.45) is 1.17. The summed E-state index contributed by atoms with van der Waals surface area (Å²) in [5.41, 5.74) is 1.16. The van der Waals surface area contributed by atoms with E-state index in [1.54, 1.807) is 18.2 Å². The maximum absolute atomic E-state index is 11.9. The molecule has 0 atom stereocenters. The second-order valence-corrected chi connectivity index (χ2v) is 4.70. The molecule has 6 nitrogen and oxygen atoms in total. The number of aromatic nitrogens is 2. The van der Waals surface area contributed by atoms with Crippen molar-refractivity contribution in [3.8, 4) is 0 Å². The molecule has 7 heteroatoms. The number of aryl methyl sites for hydroxylation is 1. The fourth-order valence-electron chi connectivity index (χ4n) is 1.54. The highest BCUT2D eigenvalue weighted by molar-refractivity contribution is 9.10. The van der Waals surface area contributed by atoms with E-state index in [2.05, 4.69) is 31.2 Å². The molecular weight excluding hydrogens is 314 g/mol. The number of carbonyl (C=O) groups excluding carboxylic acids is 1. The SMILES string of the molecule is Cc1cc(NC(=O)c2nc[nH]c2C(=O)O)ccc1Br. The van der Waals surface area contributed by atoms with E-state index in [1.165, 1.54) is 6.33 Å². The summed E-state index contributed by atoms with van der Waals surface area (Å²) >= 11 is 3.36. The van der Waals surface area contributed by atoms with E-state index in [0.29, 0.717) is 5.69 Å². The summed E-state index contributed by atoms with van der Waals surface area (Å²) in [6, 6.07) is 5.28. The van der Waals surface area contributed by atoms with Gasteiger partial charge in [0.2, 0.25) is 0 Å². The van der Waals surface area contributed by atoms with Gasteiger partial charge in [0, 0.05) is 10.2 Å². The zero-order valence-corrected chi connectivity index (χ0v) is 11.5. The van der Waals surface area contributed by atoms with E-state index < -0.39 is 11.9 Å². The quantitative estimate of drug-likeness (QED) is 0.808. The number of H-pyrrole nitrogens is 1. The van der Waals surface area contributed by atoms with Gasteiger partial charge in [0.1, 0.15) is 0 Å². The van der Waals surface area contributed by atoms with Gasteiger partial charge in [-0.15, -0.1) is 0 Å². The summed E-state index contributed by atoms with van der Waals surface area (Å²) in [5, 5.41) is 11.5. The Labute approximate surface area is 117 Å². The molecule has 0 radical (unpaired) electrons. The predicted molar refractivity (Wildman–Crippen MR) is 72.4 cm³/mol. The van der Waals surface area contributed by atoms with Crippen molar-refractivity contribution in [1.29, 1.82) is 0 Å². The number of nitrogens with zero attached hydrogens (tertiary/aromatic N) is 1. The number of carbonyl (C=O) groups is 2. The average Bonchev–Trinajstić information content (AvgIpc) is 2.83. The largest absolute Gasteiger partial charge is 0.477 e. The molecule has 3 N–H and O–H groups in total. The van der Waals surface area contributed by atoms with E-state index in [0.717, 1.165) is 10.0 Å². The highest BCUT2D eigenvalue weighted by atomic mass is 79.9. The van der Waals surface area contributed by atoms with Crippen molar-refractivity contribution >= 4 is 33.5 Å². The molecule has 1 aromatic carbocycles. The zero-order valence-electron chi connectivity index (χ0n) is 9.90. The van der Waals surface area contributed by atoms with Crippen LogP contribution in [-0.4, -0.2) is 27.0 Å². The number of nitrogens with one attached hydrogen (secondary N) is 2. The summed E-state index contributed by atoms with van der Waals surface area (Å²) in [7, 11) is 0. The van der Waals surface area contributed by atoms with E-state index in [-0.39, 0.29) is 11.4 Å². The zero-order chi connectivity index (χ0) is 14.0. The molecule has 1 heterocycles. The number of hydrogen-bond acceptors (Lipinski definition) is 3. The average molecular weight is 324 g/mol. The Kier molecular flexibility index (Phi) is 3.66. The number of amides is 1. The second-order valence-electron chi connectivity index (χ2n) is 3.85. The molecule has 1 aromatic heterocycles. The monoisotopic (exact) mass is 323 g/mol. The Morgan fingerprint density at radius 3 is 2.79 bits per heavy atom. The van der Waals surface area contributed by atoms with Gasteiger partial charge < -0.3 is 15.4 Å². The van der Waals surface area contributed by atoms with Gasteiger partial charge in [-0.3, -0.25) is 4.79 Å². The first kappa shape index (κ1) is 13.3. The molecule has 0 fully saturated rings. The Bertz CT molecular complexity index is 651. The Hall–Kier alpha value is -2.15. The number of aromatic amines is 1. The molecule has 2 rings (SSSR count). The maximum Gasteiger partial charge on any atom is 0.354 e. The van der Waals surface area contributed by atoms with Crippen LogP contribution < -0.4 is 5.32 Å². The summed E-state index contributed by atoms with van der Waals surface area (Å²) < 4.78 is 0.927. The molecule has 1 amide bonds. The van der Waals surface area contributed by atoms with Crippen LogP contribution in [-0.2, 0) is 0 Å². The maximum atomic E-state index is 11.9. The third-order valence-electron chi connectivity index (χ3n) is 2.48. The molecule has 0 aliphatic carbocycles. The molecule has 0 bridgehead atoms. The summed E-state index contributed by atoms with van der Waals surface area (Å²) in [5.74, 6) is -1.80. The third kappa shape index (κ3) is 2.82.